The number of hydrogen-bond donors (Lipinski definition) is 2. The third-order valence-corrected chi connectivity index (χ3v) is 3.13. The first-order valence-corrected chi connectivity index (χ1v) is 4.45. The Balaban J connectivity index is 2.23. The topological polar surface area (TPSA) is 38.0 Å². The molecule has 1 aromatic rings. The highest BCUT2D eigenvalue weighted by atomic mass is 15.0. The van der Waals surface area contributed by atoms with E-state index in [1.807, 2.05) is 6.07 Å². The van der Waals surface area contributed by atoms with Gasteiger partial charge in [0.25, 0.3) is 0 Å². The van der Waals surface area contributed by atoms with Crippen molar-refractivity contribution in [2.24, 2.45) is 0 Å². The van der Waals surface area contributed by atoms with Gasteiger partial charge in [0.1, 0.15) is 0 Å². The number of nitrogens with two attached hydrogens (primary N) is 1. The molecule has 0 radical (unpaired) electrons. The molecule has 1 aromatic carbocycles. The van der Waals surface area contributed by atoms with Crippen molar-refractivity contribution in [1.29, 1.82) is 0 Å². The minimum atomic E-state index is 0.477. The van der Waals surface area contributed by atoms with Gasteiger partial charge in [-0.25, -0.2) is 0 Å². The van der Waals surface area contributed by atoms with Crippen LogP contribution in [0, 0.1) is 0 Å². The molecule has 1 heterocycles. The van der Waals surface area contributed by atoms with Crippen molar-refractivity contribution < 1.29 is 0 Å². The van der Waals surface area contributed by atoms with Gasteiger partial charge in [-0.3, -0.25) is 0 Å². The fraction of sp³-hybridized carbons (Fsp3) is 0.400. The highest BCUT2D eigenvalue weighted by molar-refractivity contribution is 5.76. The van der Waals surface area contributed by atoms with Crippen LogP contribution in [0.3, 0.4) is 0 Å². The van der Waals surface area contributed by atoms with Crippen LogP contribution in [-0.2, 0) is 5.41 Å². The predicted molar refractivity (Wildman–Crippen MR) is 50.3 cm³/mol. The lowest BCUT2D eigenvalue weighted by Gasteiger charge is -2.05. The normalized spacial score (nSPS) is 22.0. The molecule has 2 nitrogen and oxygen atoms in total. The number of para-hydroxylation sites is 1. The molecule has 1 spiro atoms. The molecular formula is C10H12N2. The monoisotopic (exact) mass is 160 g/mol. The molecule has 1 aliphatic carbocycles. The Morgan fingerprint density at radius 3 is 2.92 bits per heavy atom. The van der Waals surface area contributed by atoms with E-state index in [-0.39, 0.29) is 0 Å². The Morgan fingerprint density at radius 2 is 2.17 bits per heavy atom. The summed E-state index contributed by atoms with van der Waals surface area (Å²) >= 11 is 0. The Kier molecular flexibility index (Phi) is 0.932. The standard InChI is InChI=1S/C10H12N2/c11-8-3-1-2-7-9(8)12-6-10(7)4-5-10/h1-3,12H,4-6,11H2. The maximum absolute atomic E-state index is 5.86. The maximum Gasteiger partial charge on any atom is 0.0613 e. The minimum Gasteiger partial charge on any atom is -0.397 e. The fourth-order valence-electron chi connectivity index (χ4n) is 2.16. The van der Waals surface area contributed by atoms with E-state index in [4.69, 9.17) is 5.73 Å². The van der Waals surface area contributed by atoms with Gasteiger partial charge < -0.3 is 11.1 Å². The van der Waals surface area contributed by atoms with Gasteiger partial charge in [-0.2, -0.15) is 0 Å². The fourth-order valence-corrected chi connectivity index (χ4v) is 2.16. The molecule has 0 saturated heterocycles. The third kappa shape index (κ3) is 0.607. The Morgan fingerprint density at radius 1 is 1.33 bits per heavy atom. The smallest absolute Gasteiger partial charge is 0.0613 e. The van der Waals surface area contributed by atoms with Crippen molar-refractivity contribution in [3.8, 4) is 0 Å². The summed E-state index contributed by atoms with van der Waals surface area (Å²) < 4.78 is 0. The van der Waals surface area contributed by atoms with Gasteiger partial charge >= 0.3 is 0 Å². The lowest BCUT2D eigenvalue weighted by molar-refractivity contribution is 0.778. The molecule has 3 N–H and O–H groups in total. The van der Waals surface area contributed by atoms with E-state index in [1.54, 1.807) is 0 Å². The van der Waals surface area contributed by atoms with E-state index in [2.05, 4.69) is 17.4 Å². The average Bonchev–Trinajstić information content (AvgIpc) is 2.73. The molecule has 62 valence electrons. The molecule has 0 unspecified atom stereocenters. The Bertz CT molecular complexity index is 340. The number of nitrogen functional groups attached to an aromatic ring is 1. The number of benzene rings is 1. The van der Waals surface area contributed by atoms with Crippen molar-refractivity contribution in [2.45, 2.75) is 18.3 Å². The highest BCUT2D eigenvalue weighted by Crippen LogP contribution is 2.55. The summed E-state index contributed by atoms with van der Waals surface area (Å²) in [6, 6.07) is 6.23. The van der Waals surface area contributed by atoms with Crippen LogP contribution in [-0.4, -0.2) is 6.54 Å². The molecule has 2 aliphatic rings. The average molecular weight is 160 g/mol. The summed E-state index contributed by atoms with van der Waals surface area (Å²) in [5, 5.41) is 3.40. The van der Waals surface area contributed by atoms with Gasteiger partial charge in [-0.15, -0.1) is 0 Å². The Labute approximate surface area is 71.8 Å². The number of anilines is 2. The summed E-state index contributed by atoms with van der Waals surface area (Å²) in [5.74, 6) is 0. The van der Waals surface area contributed by atoms with E-state index in [1.165, 1.54) is 24.1 Å². The molecular weight excluding hydrogens is 148 g/mol. The zero-order valence-corrected chi connectivity index (χ0v) is 6.93. The maximum atomic E-state index is 5.86. The minimum absolute atomic E-state index is 0.477. The zero-order valence-electron chi connectivity index (χ0n) is 6.93. The number of fused-ring (bicyclic) bond motifs is 2. The van der Waals surface area contributed by atoms with Gasteiger partial charge in [0.15, 0.2) is 0 Å². The van der Waals surface area contributed by atoms with Gasteiger partial charge in [-0.05, 0) is 24.5 Å². The summed E-state index contributed by atoms with van der Waals surface area (Å²) in [4.78, 5) is 0. The molecule has 3 rings (SSSR count). The number of nitrogens with one attached hydrogen (secondary N) is 1. The third-order valence-electron chi connectivity index (χ3n) is 3.13. The molecule has 0 atom stereocenters. The summed E-state index contributed by atoms with van der Waals surface area (Å²) in [7, 11) is 0. The molecule has 0 bridgehead atoms. The summed E-state index contributed by atoms with van der Waals surface area (Å²) in [6.07, 6.45) is 2.66. The van der Waals surface area contributed by atoms with Crippen molar-refractivity contribution in [2.75, 3.05) is 17.6 Å². The van der Waals surface area contributed by atoms with E-state index >= 15 is 0 Å². The van der Waals surface area contributed by atoms with Crippen LogP contribution >= 0.6 is 0 Å². The molecule has 0 aromatic heterocycles. The molecule has 0 amide bonds. The quantitative estimate of drug-likeness (QED) is 0.567. The SMILES string of the molecule is Nc1cccc2c1NCC21CC1. The second-order valence-corrected chi connectivity index (χ2v) is 3.90. The van der Waals surface area contributed by atoms with Crippen molar-refractivity contribution in [1.82, 2.24) is 0 Å². The first kappa shape index (κ1) is 6.35. The van der Waals surface area contributed by atoms with Crippen LogP contribution in [0.15, 0.2) is 18.2 Å². The molecule has 2 heteroatoms. The largest absolute Gasteiger partial charge is 0.397 e. The van der Waals surface area contributed by atoms with Crippen LogP contribution in [0.4, 0.5) is 11.4 Å². The van der Waals surface area contributed by atoms with Gasteiger partial charge in [0.05, 0.1) is 11.4 Å². The first-order valence-electron chi connectivity index (χ1n) is 4.45. The number of rotatable bonds is 0. The molecule has 1 aliphatic heterocycles. The molecule has 1 saturated carbocycles. The van der Waals surface area contributed by atoms with Crippen LogP contribution in [0.5, 0.6) is 0 Å². The second kappa shape index (κ2) is 1.76. The van der Waals surface area contributed by atoms with Crippen LogP contribution in [0.25, 0.3) is 0 Å². The highest BCUT2D eigenvalue weighted by Gasteiger charge is 2.49. The molecule has 1 fully saturated rings. The first-order chi connectivity index (χ1) is 5.82. The summed E-state index contributed by atoms with van der Waals surface area (Å²) in [6.45, 7) is 1.09. The van der Waals surface area contributed by atoms with Gasteiger partial charge in [0, 0.05) is 12.0 Å². The van der Waals surface area contributed by atoms with Gasteiger partial charge in [-0.1, -0.05) is 12.1 Å². The van der Waals surface area contributed by atoms with Crippen LogP contribution in [0.2, 0.25) is 0 Å². The van der Waals surface area contributed by atoms with Crippen LogP contribution < -0.4 is 11.1 Å². The lowest BCUT2D eigenvalue weighted by Crippen LogP contribution is -2.07. The van der Waals surface area contributed by atoms with Crippen LogP contribution in [0.1, 0.15) is 18.4 Å². The second-order valence-electron chi connectivity index (χ2n) is 3.90. The van der Waals surface area contributed by atoms with Crippen molar-refractivity contribution in [3.05, 3.63) is 23.8 Å². The predicted octanol–water partition coefficient (Wildman–Crippen LogP) is 1.73. The molecule has 12 heavy (non-hydrogen) atoms. The van der Waals surface area contributed by atoms with Crippen molar-refractivity contribution >= 4 is 11.4 Å². The van der Waals surface area contributed by atoms with Gasteiger partial charge in [0.2, 0.25) is 0 Å². The van der Waals surface area contributed by atoms with Crippen molar-refractivity contribution in [3.63, 3.8) is 0 Å². The van der Waals surface area contributed by atoms with E-state index in [0.717, 1.165) is 12.2 Å². The zero-order chi connectivity index (χ0) is 8.18. The Hall–Kier alpha value is -1.18. The van der Waals surface area contributed by atoms with E-state index in [9.17, 15) is 0 Å². The van der Waals surface area contributed by atoms with E-state index < -0.39 is 0 Å². The number of hydrogen-bond acceptors (Lipinski definition) is 2. The lowest BCUT2D eigenvalue weighted by atomic mass is 9.98. The van der Waals surface area contributed by atoms with E-state index in [0.29, 0.717) is 5.41 Å². The summed E-state index contributed by atoms with van der Waals surface area (Å²) in [5.41, 5.74) is 9.87.